The van der Waals surface area contributed by atoms with Gasteiger partial charge in [-0.05, 0) is 49.1 Å². The minimum atomic E-state index is -1.06. The molecule has 2 amide bonds. The van der Waals surface area contributed by atoms with Crippen LogP contribution in [-0.4, -0.2) is 64.9 Å². The molecule has 2 aliphatic carbocycles. The van der Waals surface area contributed by atoms with E-state index in [9.17, 15) is 24.2 Å². The molecule has 1 fully saturated rings. The number of halogens is 1. The van der Waals surface area contributed by atoms with Gasteiger partial charge in [0.25, 0.3) is 0 Å². The lowest BCUT2D eigenvalue weighted by Crippen LogP contribution is -2.56. The van der Waals surface area contributed by atoms with Gasteiger partial charge in [-0.25, -0.2) is 4.39 Å². The molecule has 0 bridgehead atoms. The van der Waals surface area contributed by atoms with Gasteiger partial charge in [0.1, 0.15) is 23.8 Å². The normalized spacial score (nSPS) is 24.6. The first-order valence-electron chi connectivity index (χ1n) is 12.1. The highest BCUT2D eigenvalue weighted by Gasteiger charge is 2.51. The number of rotatable bonds is 8. The summed E-state index contributed by atoms with van der Waals surface area (Å²) in [5, 5.41) is 23.4. The Morgan fingerprint density at radius 1 is 1.14 bits per heavy atom. The molecule has 3 N–H and O–H groups in total. The molecular formula is C27H29FN2O5. The van der Waals surface area contributed by atoms with E-state index in [1.165, 1.54) is 12.1 Å². The number of benzene rings is 2. The van der Waals surface area contributed by atoms with Crippen LogP contribution in [0, 0.1) is 11.7 Å². The molecular weight excluding hydrogens is 451 g/mol. The second-order valence-electron chi connectivity index (χ2n) is 9.37. The smallest absolute Gasteiger partial charge is 0.247 e. The Labute approximate surface area is 203 Å². The maximum Gasteiger partial charge on any atom is 0.247 e. The zero-order chi connectivity index (χ0) is 24.5. The van der Waals surface area contributed by atoms with Gasteiger partial charge in [-0.1, -0.05) is 30.3 Å². The summed E-state index contributed by atoms with van der Waals surface area (Å²) in [4.78, 5) is 28.1. The molecule has 7 nitrogen and oxygen atoms in total. The van der Waals surface area contributed by atoms with Gasteiger partial charge in [0.2, 0.25) is 11.8 Å². The number of nitrogens with one attached hydrogen (secondary N) is 1. The molecule has 0 radical (unpaired) electrons. The van der Waals surface area contributed by atoms with Crippen molar-refractivity contribution >= 4 is 11.8 Å². The highest BCUT2D eigenvalue weighted by Crippen LogP contribution is 2.47. The summed E-state index contributed by atoms with van der Waals surface area (Å²) >= 11 is 0. The first kappa shape index (κ1) is 23.5. The van der Waals surface area contributed by atoms with Crippen molar-refractivity contribution in [3.63, 3.8) is 0 Å². The molecule has 184 valence electrons. The predicted octanol–water partition coefficient (Wildman–Crippen LogP) is 1.93. The third-order valence-electron chi connectivity index (χ3n) is 6.98. The van der Waals surface area contributed by atoms with Gasteiger partial charge >= 0.3 is 0 Å². The molecule has 1 heterocycles. The SMILES string of the molecule is O=C(NCCO)C1=C[C@@H](N(CCc2cccc(F)c2)C(=O)C2CC2)[C@H](O)[C@H]2Oc3ccccc3[C@@H]12. The van der Waals surface area contributed by atoms with E-state index in [1.807, 2.05) is 18.2 Å². The minimum Gasteiger partial charge on any atom is -0.486 e. The van der Waals surface area contributed by atoms with Gasteiger partial charge in [-0.2, -0.15) is 0 Å². The zero-order valence-electron chi connectivity index (χ0n) is 19.3. The van der Waals surface area contributed by atoms with E-state index >= 15 is 0 Å². The van der Waals surface area contributed by atoms with Crippen LogP contribution < -0.4 is 10.1 Å². The fourth-order valence-electron chi connectivity index (χ4n) is 5.10. The van der Waals surface area contributed by atoms with Crippen LogP contribution >= 0.6 is 0 Å². The van der Waals surface area contributed by atoms with Crippen LogP contribution in [0.3, 0.4) is 0 Å². The van der Waals surface area contributed by atoms with Crippen molar-refractivity contribution in [3.05, 3.63) is 77.1 Å². The van der Waals surface area contributed by atoms with Crippen LogP contribution in [0.4, 0.5) is 4.39 Å². The van der Waals surface area contributed by atoms with E-state index in [4.69, 9.17) is 4.74 Å². The molecule has 0 spiro atoms. The molecule has 4 atom stereocenters. The molecule has 2 aromatic carbocycles. The molecule has 5 rings (SSSR count). The van der Waals surface area contributed by atoms with E-state index in [0.717, 1.165) is 24.0 Å². The molecule has 3 aliphatic rings. The van der Waals surface area contributed by atoms with E-state index in [0.29, 0.717) is 17.7 Å². The monoisotopic (exact) mass is 480 g/mol. The molecule has 0 saturated heterocycles. The average molecular weight is 481 g/mol. The highest BCUT2D eigenvalue weighted by atomic mass is 19.1. The van der Waals surface area contributed by atoms with Crippen molar-refractivity contribution in [2.45, 2.75) is 43.4 Å². The first-order valence-corrected chi connectivity index (χ1v) is 12.1. The fraction of sp³-hybridized carbons (Fsp3) is 0.407. The molecule has 0 aromatic heterocycles. The van der Waals surface area contributed by atoms with E-state index in [-0.39, 0.29) is 43.2 Å². The number of fused-ring (bicyclic) bond motifs is 3. The maximum atomic E-state index is 13.7. The van der Waals surface area contributed by atoms with E-state index < -0.39 is 24.2 Å². The summed E-state index contributed by atoms with van der Waals surface area (Å²) in [6.45, 7) is 0.159. The predicted molar refractivity (Wildman–Crippen MR) is 126 cm³/mol. The van der Waals surface area contributed by atoms with Gasteiger partial charge in [-0.15, -0.1) is 0 Å². The number of hydrogen-bond donors (Lipinski definition) is 3. The Bertz CT molecular complexity index is 1150. The van der Waals surface area contributed by atoms with Gasteiger partial charge in [-0.3, -0.25) is 9.59 Å². The van der Waals surface area contributed by atoms with Crippen LogP contribution in [0.25, 0.3) is 0 Å². The fourth-order valence-corrected chi connectivity index (χ4v) is 5.10. The van der Waals surface area contributed by atoms with Crippen LogP contribution in [-0.2, 0) is 16.0 Å². The molecule has 35 heavy (non-hydrogen) atoms. The van der Waals surface area contributed by atoms with Gasteiger partial charge in [0.05, 0.1) is 18.6 Å². The summed E-state index contributed by atoms with van der Waals surface area (Å²) in [6.07, 6.45) is 1.88. The third-order valence-corrected chi connectivity index (χ3v) is 6.98. The average Bonchev–Trinajstić information content (AvgIpc) is 3.64. The lowest BCUT2D eigenvalue weighted by atomic mass is 9.77. The van der Waals surface area contributed by atoms with Crippen molar-refractivity contribution in [1.29, 1.82) is 0 Å². The number of ether oxygens (including phenoxy) is 1. The number of para-hydroxylation sites is 1. The zero-order valence-corrected chi connectivity index (χ0v) is 19.3. The summed E-state index contributed by atoms with van der Waals surface area (Å²) < 4.78 is 19.8. The van der Waals surface area contributed by atoms with Crippen molar-refractivity contribution in [2.75, 3.05) is 19.7 Å². The molecule has 1 aliphatic heterocycles. The summed E-state index contributed by atoms with van der Waals surface area (Å²) in [5.74, 6) is -0.779. The van der Waals surface area contributed by atoms with Crippen LogP contribution in [0.5, 0.6) is 5.75 Å². The Kier molecular flexibility index (Phi) is 6.58. The number of aliphatic hydroxyl groups excluding tert-OH is 2. The maximum absolute atomic E-state index is 13.7. The molecule has 0 unspecified atom stereocenters. The standard InChI is InChI=1S/C27H29FN2O5/c28-18-5-3-4-16(14-18)10-12-30(27(34)17-8-9-17)21-15-20(26(33)29-11-13-31)23-19-6-1-2-7-22(19)35-25(23)24(21)32/h1-7,14-15,17,21,23-25,31-32H,8-13H2,(H,29,33)/t21-,23+,24+,25+/m1/s1. The number of nitrogens with zero attached hydrogens (tertiary/aromatic N) is 1. The number of amides is 2. The number of carbonyl (C=O) groups is 2. The van der Waals surface area contributed by atoms with Gasteiger partial charge in [0.15, 0.2) is 0 Å². The number of carbonyl (C=O) groups excluding carboxylic acids is 2. The summed E-state index contributed by atoms with van der Waals surface area (Å²) in [7, 11) is 0. The second kappa shape index (κ2) is 9.79. The van der Waals surface area contributed by atoms with Crippen LogP contribution in [0.2, 0.25) is 0 Å². The second-order valence-corrected chi connectivity index (χ2v) is 9.37. The molecule has 8 heteroatoms. The highest BCUT2D eigenvalue weighted by molar-refractivity contribution is 5.96. The van der Waals surface area contributed by atoms with Gasteiger partial charge in [0, 0.05) is 30.1 Å². The van der Waals surface area contributed by atoms with Crippen molar-refractivity contribution in [1.82, 2.24) is 10.2 Å². The first-order chi connectivity index (χ1) is 17.0. The third kappa shape index (κ3) is 4.68. The lowest BCUT2D eigenvalue weighted by molar-refractivity contribution is -0.138. The quantitative estimate of drug-likeness (QED) is 0.536. The van der Waals surface area contributed by atoms with Crippen molar-refractivity contribution in [3.8, 4) is 5.75 Å². The topological polar surface area (TPSA) is 99.1 Å². The molecule has 2 aromatic rings. The van der Waals surface area contributed by atoms with Crippen molar-refractivity contribution in [2.24, 2.45) is 5.92 Å². The summed E-state index contributed by atoms with van der Waals surface area (Å²) in [5.41, 5.74) is 1.96. The Morgan fingerprint density at radius 2 is 1.94 bits per heavy atom. The van der Waals surface area contributed by atoms with E-state index in [2.05, 4.69) is 5.32 Å². The van der Waals surface area contributed by atoms with Crippen LogP contribution in [0.1, 0.15) is 29.9 Å². The minimum absolute atomic E-state index is 0.0780. The largest absolute Gasteiger partial charge is 0.486 e. The number of aliphatic hydroxyl groups is 2. The Morgan fingerprint density at radius 3 is 2.69 bits per heavy atom. The van der Waals surface area contributed by atoms with Crippen LogP contribution in [0.15, 0.2) is 60.2 Å². The van der Waals surface area contributed by atoms with Crippen molar-refractivity contribution < 1.29 is 28.9 Å². The van der Waals surface area contributed by atoms with E-state index in [1.54, 1.807) is 29.2 Å². The number of hydrogen-bond acceptors (Lipinski definition) is 5. The summed E-state index contributed by atoms with van der Waals surface area (Å²) in [6, 6.07) is 12.8. The van der Waals surface area contributed by atoms with Gasteiger partial charge < -0.3 is 25.2 Å². The Balaban J connectivity index is 1.49. The Hall–Kier alpha value is -3.23. The molecule has 1 saturated carbocycles. The lowest BCUT2D eigenvalue weighted by Gasteiger charge is -2.41.